The van der Waals surface area contributed by atoms with Crippen LogP contribution in [0.4, 0.5) is 0 Å². The van der Waals surface area contributed by atoms with E-state index in [1.165, 1.54) is 57.4 Å². The van der Waals surface area contributed by atoms with Crippen molar-refractivity contribution in [1.29, 1.82) is 0 Å². The fourth-order valence-corrected chi connectivity index (χ4v) is 9.54. The van der Waals surface area contributed by atoms with E-state index < -0.39 is 5.41 Å². The van der Waals surface area contributed by atoms with Crippen molar-refractivity contribution in [2.45, 2.75) is 43.6 Å². The van der Waals surface area contributed by atoms with Crippen molar-refractivity contribution >= 4 is 16.5 Å². The van der Waals surface area contributed by atoms with Crippen molar-refractivity contribution in [1.82, 2.24) is 4.57 Å². The first-order valence-corrected chi connectivity index (χ1v) is 18.7. The van der Waals surface area contributed by atoms with E-state index in [1.54, 1.807) is 0 Å². The van der Waals surface area contributed by atoms with E-state index in [1.807, 2.05) is 0 Å². The third-order valence-corrected chi connectivity index (χ3v) is 11.7. The van der Waals surface area contributed by atoms with Crippen LogP contribution in [0.5, 0.6) is 23.0 Å². The average Bonchev–Trinajstić information content (AvgIpc) is 3.56. The molecule has 1 spiro atoms. The summed E-state index contributed by atoms with van der Waals surface area (Å²) < 4.78 is 16.2. The Morgan fingerprint density at radius 1 is 0.615 bits per heavy atom. The first kappa shape index (κ1) is 29.8. The smallest absolute Gasteiger partial charge is 0.132 e. The molecule has 1 fully saturated rings. The third kappa shape index (κ3) is 4.25. The molecule has 0 N–H and O–H groups in total. The van der Waals surface area contributed by atoms with Gasteiger partial charge in [0.2, 0.25) is 0 Å². The van der Waals surface area contributed by atoms with Crippen LogP contribution in [0.3, 0.4) is 0 Å². The number of piperidine rings is 1. The van der Waals surface area contributed by atoms with Gasteiger partial charge in [-0.15, -0.1) is 12.6 Å². The maximum Gasteiger partial charge on any atom is 0.132 e. The summed E-state index contributed by atoms with van der Waals surface area (Å²) in [5.74, 6) is 3.54. The molecule has 3 aliphatic heterocycles. The molecule has 4 heteroatoms. The zero-order chi connectivity index (χ0) is 34.2. The summed E-state index contributed by atoms with van der Waals surface area (Å²) in [5, 5.41) is 6.27. The highest BCUT2D eigenvalue weighted by molar-refractivity contribution is 6.01. The van der Waals surface area contributed by atoms with Gasteiger partial charge in [-0.1, -0.05) is 128 Å². The van der Waals surface area contributed by atoms with Crippen molar-refractivity contribution < 1.29 is 9.47 Å². The average molecular weight is 674 g/mol. The van der Waals surface area contributed by atoms with Crippen LogP contribution in [0.1, 0.15) is 76.4 Å². The summed E-state index contributed by atoms with van der Waals surface area (Å²) in [6.45, 7) is 0.931. The molecule has 0 saturated carbocycles. The lowest BCUT2D eigenvalue weighted by atomic mass is 9.62. The molecular formula is C48H37N2O2-. The predicted molar refractivity (Wildman–Crippen MR) is 208 cm³/mol. The van der Waals surface area contributed by atoms with Crippen LogP contribution in [0.25, 0.3) is 27.5 Å². The molecule has 1 aromatic heterocycles. The lowest BCUT2D eigenvalue weighted by Gasteiger charge is -2.45. The quantitative estimate of drug-likeness (QED) is 0.187. The van der Waals surface area contributed by atoms with Gasteiger partial charge >= 0.3 is 0 Å². The first-order chi connectivity index (χ1) is 25.8. The predicted octanol–water partition coefficient (Wildman–Crippen LogP) is 12.2. The number of benzene rings is 6. The maximum atomic E-state index is 6.95. The fourth-order valence-electron chi connectivity index (χ4n) is 9.54. The zero-order valence-corrected chi connectivity index (χ0v) is 28.9. The largest absolute Gasteiger partial charge is 0.656 e. The third-order valence-electron chi connectivity index (χ3n) is 11.7. The van der Waals surface area contributed by atoms with Gasteiger partial charge in [-0.2, -0.15) is 0 Å². The monoisotopic (exact) mass is 673 g/mol. The van der Waals surface area contributed by atoms with E-state index in [4.69, 9.17) is 14.8 Å². The number of fused-ring (bicyclic) bond motifs is 11. The van der Waals surface area contributed by atoms with E-state index in [-0.39, 0.29) is 6.04 Å². The fraction of sp³-hybridized carbons (Fsp3) is 0.167. The number of hydrogen-bond donors (Lipinski definition) is 0. The number of para-hydroxylation sites is 4. The molecule has 2 atom stereocenters. The molecule has 0 amide bonds. The van der Waals surface area contributed by atoms with E-state index >= 15 is 0 Å². The van der Waals surface area contributed by atoms with Gasteiger partial charge in [-0.05, 0) is 66.4 Å². The molecule has 0 radical (unpaired) electrons. The minimum Gasteiger partial charge on any atom is -0.656 e. The number of hydrogen-bond acceptors (Lipinski definition) is 2. The molecule has 11 rings (SSSR count). The summed E-state index contributed by atoms with van der Waals surface area (Å²) in [4.78, 5) is 0. The summed E-state index contributed by atoms with van der Waals surface area (Å²) in [6.07, 6.45) is 7.87. The molecule has 1 aliphatic carbocycles. The molecule has 4 aliphatic rings. The lowest BCUT2D eigenvalue weighted by molar-refractivity contribution is 0.398. The second-order valence-corrected chi connectivity index (χ2v) is 14.5. The molecule has 4 nitrogen and oxygen atoms in total. The minimum absolute atomic E-state index is 0.217. The van der Waals surface area contributed by atoms with Gasteiger partial charge in [0.25, 0.3) is 0 Å². The molecular weight excluding hydrogens is 637 g/mol. The maximum absolute atomic E-state index is 6.95. The number of allylic oxidation sites excluding steroid dienone is 1. The summed E-state index contributed by atoms with van der Waals surface area (Å²) in [7, 11) is 0. The topological polar surface area (TPSA) is 37.5 Å². The summed E-state index contributed by atoms with van der Waals surface area (Å²) in [6, 6.07) is 50.7. The van der Waals surface area contributed by atoms with Gasteiger partial charge in [-0.3, -0.25) is 0 Å². The van der Waals surface area contributed by atoms with Crippen LogP contribution in [0.2, 0.25) is 0 Å². The zero-order valence-electron chi connectivity index (χ0n) is 28.9. The molecule has 2 unspecified atom stereocenters. The molecule has 0 bridgehead atoms. The van der Waals surface area contributed by atoms with Gasteiger partial charge in [-0.25, -0.2) is 0 Å². The van der Waals surface area contributed by atoms with E-state index in [0.717, 1.165) is 71.1 Å². The first-order valence-electron chi connectivity index (χ1n) is 18.7. The normalized spacial score (nSPS) is 19.7. The van der Waals surface area contributed by atoms with Crippen LogP contribution < -0.4 is 9.47 Å². The highest BCUT2D eigenvalue weighted by Gasteiger charge is 2.50. The van der Waals surface area contributed by atoms with Gasteiger partial charge in [0.05, 0.1) is 10.9 Å². The molecule has 7 aromatic rings. The SMILES string of the molecule is C1=C(c2ccc3c(c2)Oc2ccccc2C32c3ccccc3Oc3cc(C4CCCC[N-]4)ccc32)c2c(n(-c3ccccc3)c3ccccc23)CC1. The Morgan fingerprint density at radius 3 is 2.06 bits per heavy atom. The van der Waals surface area contributed by atoms with Crippen molar-refractivity contribution in [3.05, 3.63) is 196 Å². The van der Waals surface area contributed by atoms with E-state index in [9.17, 15) is 0 Å². The number of aromatic nitrogens is 1. The van der Waals surface area contributed by atoms with Crippen LogP contribution >= 0.6 is 0 Å². The Labute approximate surface area is 304 Å². The van der Waals surface area contributed by atoms with Gasteiger partial charge in [0, 0.05) is 44.6 Å². The second kappa shape index (κ2) is 11.6. The lowest BCUT2D eigenvalue weighted by Crippen LogP contribution is -2.37. The number of rotatable bonds is 3. The van der Waals surface area contributed by atoms with Crippen LogP contribution in [-0.4, -0.2) is 11.1 Å². The van der Waals surface area contributed by atoms with Crippen molar-refractivity contribution in [2.75, 3.05) is 6.54 Å². The van der Waals surface area contributed by atoms with Gasteiger partial charge in [0.1, 0.15) is 23.0 Å². The Balaban J connectivity index is 1.12. The van der Waals surface area contributed by atoms with Crippen molar-refractivity contribution in [3.8, 4) is 28.7 Å². The molecule has 52 heavy (non-hydrogen) atoms. The molecule has 6 aromatic carbocycles. The standard InChI is InChI=1S/C48H37N2O2/c1-2-13-33(14-3-1)50-41-20-7-4-15-35(41)47-34(16-12-21-42(47)50)31-24-26-38-45(29-31)51-43-22-8-5-17-36(43)48(38)37-18-6-9-23-44(37)52-46-30-32(25-27-39(46)48)40-19-10-11-28-49-40/h1-9,13-18,20,22-27,29-30,40H,10-12,19,21,28H2/q-1. The summed E-state index contributed by atoms with van der Waals surface area (Å²) in [5.41, 5.74) is 12.7. The minimum atomic E-state index is -0.620. The van der Waals surface area contributed by atoms with Crippen LogP contribution in [0.15, 0.2) is 146 Å². The number of nitrogens with zero attached hydrogens (tertiary/aromatic N) is 2. The Kier molecular flexibility index (Phi) is 6.65. The Morgan fingerprint density at radius 2 is 1.29 bits per heavy atom. The second-order valence-electron chi connectivity index (χ2n) is 14.5. The van der Waals surface area contributed by atoms with E-state index in [2.05, 4.69) is 150 Å². The van der Waals surface area contributed by atoms with Crippen molar-refractivity contribution in [3.63, 3.8) is 0 Å². The Hall–Kier alpha value is -5.84. The van der Waals surface area contributed by atoms with Crippen molar-refractivity contribution in [2.24, 2.45) is 0 Å². The highest BCUT2D eigenvalue weighted by Crippen LogP contribution is 2.62. The Bertz CT molecular complexity index is 2560. The summed E-state index contributed by atoms with van der Waals surface area (Å²) >= 11 is 0. The molecule has 4 heterocycles. The van der Waals surface area contributed by atoms with Crippen LogP contribution in [0, 0.1) is 0 Å². The molecule has 252 valence electrons. The molecule has 1 saturated heterocycles. The van der Waals surface area contributed by atoms with E-state index in [0.29, 0.717) is 0 Å². The van der Waals surface area contributed by atoms with Gasteiger partial charge in [0.15, 0.2) is 0 Å². The number of ether oxygens (including phenoxy) is 2. The highest BCUT2D eigenvalue weighted by atomic mass is 16.5. The van der Waals surface area contributed by atoms with Crippen LogP contribution in [-0.2, 0) is 11.8 Å². The van der Waals surface area contributed by atoms with Gasteiger partial charge < -0.3 is 19.4 Å².